The number of ether oxygens (including phenoxy) is 2. The Morgan fingerprint density at radius 3 is 2.48 bits per heavy atom. The first-order valence-corrected chi connectivity index (χ1v) is 12.2. The van der Waals surface area contributed by atoms with E-state index in [0.29, 0.717) is 25.4 Å². The first-order valence-electron chi connectivity index (χ1n) is 12.2. The maximum Gasteiger partial charge on any atom is 0.306 e. The van der Waals surface area contributed by atoms with E-state index in [1.54, 1.807) is 0 Å². The highest BCUT2D eigenvalue weighted by molar-refractivity contribution is 5.95. The maximum absolute atomic E-state index is 12.7. The lowest BCUT2D eigenvalue weighted by atomic mass is 9.36. The Bertz CT molecular complexity index is 907. The lowest BCUT2D eigenvalue weighted by molar-refractivity contribution is -0.229. The molecule has 6 rings (SSSR count). The Morgan fingerprint density at radius 1 is 1.06 bits per heavy atom. The van der Waals surface area contributed by atoms with Gasteiger partial charge in [0.05, 0.1) is 25.2 Å². The Morgan fingerprint density at radius 2 is 1.81 bits per heavy atom. The molecule has 3 saturated carbocycles. The summed E-state index contributed by atoms with van der Waals surface area (Å²) < 4.78 is 12.0. The molecular formula is C26H36O5. The molecule has 0 aromatic carbocycles. The van der Waals surface area contributed by atoms with Gasteiger partial charge in [-0.2, -0.15) is 0 Å². The van der Waals surface area contributed by atoms with Crippen LogP contribution in [0.1, 0.15) is 66.7 Å². The molecule has 2 aliphatic heterocycles. The van der Waals surface area contributed by atoms with Crippen molar-refractivity contribution < 1.29 is 24.2 Å². The third kappa shape index (κ3) is 2.04. The Hall–Kier alpha value is -1.20. The van der Waals surface area contributed by atoms with Crippen LogP contribution in [0.4, 0.5) is 0 Å². The van der Waals surface area contributed by atoms with E-state index in [4.69, 9.17) is 9.47 Å². The minimum Gasteiger partial charge on any atom is -0.465 e. The topological polar surface area (TPSA) is 76.1 Å². The lowest BCUT2D eigenvalue weighted by Crippen LogP contribution is -2.70. The molecular weight excluding hydrogens is 392 g/mol. The van der Waals surface area contributed by atoms with Gasteiger partial charge >= 0.3 is 5.97 Å². The summed E-state index contributed by atoms with van der Waals surface area (Å²) in [5, 5.41) is 11.8. The third-order valence-electron chi connectivity index (χ3n) is 11.5. The lowest BCUT2D eigenvalue weighted by Gasteiger charge is -2.67. The predicted molar refractivity (Wildman–Crippen MR) is 114 cm³/mol. The van der Waals surface area contributed by atoms with Gasteiger partial charge in [0.2, 0.25) is 0 Å². The Balaban J connectivity index is 1.44. The van der Waals surface area contributed by atoms with Crippen molar-refractivity contribution in [1.29, 1.82) is 0 Å². The van der Waals surface area contributed by atoms with E-state index in [0.717, 1.165) is 19.3 Å². The SMILES string of the molecule is CC1(C)C(=O)C=C[C@]2(C)[C@H]3CC[C@@]4(C)[C@H]([C@@H]5COC(=O)C5)C[C@H]5O[C@]54[C@]3(C)[C@H](O)C[C@@H]12. The third-order valence-corrected chi connectivity index (χ3v) is 11.5. The van der Waals surface area contributed by atoms with Crippen LogP contribution in [0.2, 0.25) is 0 Å². The van der Waals surface area contributed by atoms with Gasteiger partial charge in [-0.25, -0.2) is 0 Å². The van der Waals surface area contributed by atoms with Gasteiger partial charge in [-0.3, -0.25) is 9.59 Å². The number of cyclic esters (lactones) is 1. The van der Waals surface area contributed by atoms with Crippen molar-refractivity contribution in [1.82, 2.24) is 0 Å². The zero-order chi connectivity index (χ0) is 22.2. The molecule has 0 bridgehead atoms. The van der Waals surface area contributed by atoms with Crippen molar-refractivity contribution in [3.05, 3.63) is 12.2 Å². The fourth-order valence-corrected chi connectivity index (χ4v) is 9.99. The summed E-state index contributed by atoms with van der Waals surface area (Å²) in [7, 11) is 0. The summed E-state index contributed by atoms with van der Waals surface area (Å²) in [5.74, 6) is 1.15. The summed E-state index contributed by atoms with van der Waals surface area (Å²) in [4.78, 5) is 24.6. The van der Waals surface area contributed by atoms with Crippen molar-refractivity contribution in [2.75, 3.05) is 6.61 Å². The predicted octanol–water partition coefficient (Wildman–Crippen LogP) is 3.68. The molecule has 5 nitrogen and oxygen atoms in total. The van der Waals surface area contributed by atoms with E-state index in [9.17, 15) is 14.7 Å². The first-order chi connectivity index (χ1) is 14.4. The zero-order valence-electron chi connectivity index (χ0n) is 19.4. The molecule has 1 spiro atoms. The van der Waals surface area contributed by atoms with Gasteiger partial charge in [-0.15, -0.1) is 0 Å². The molecule has 5 fully saturated rings. The van der Waals surface area contributed by atoms with Crippen LogP contribution in [-0.4, -0.2) is 41.3 Å². The fourth-order valence-electron chi connectivity index (χ4n) is 9.99. The highest BCUT2D eigenvalue weighted by Gasteiger charge is 2.86. The maximum atomic E-state index is 12.7. The van der Waals surface area contributed by atoms with Crippen LogP contribution >= 0.6 is 0 Å². The summed E-state index contributed by atoms with van der Waals surface area (Å²) in [6.45, 7) is 11.6. The molecule has 0 amide bonds. The van der Waals surface area contributed by atoms with Crippen LogP contribution in [0.5, 0.6) is 0 Å². The van der Waals surface area contributed by atoms with E-state index in [1.807, 2.05) is 6.08 Å². The molecule has 2 saturated heterocycles. The fraction of sp³-hybridized carbons (Fsp3) is 0.846. The van der Waals surface area contributed by atoms with E-state index in [-0.39, 0.29) is 57.5 Å². The van der Waals surface area contributed by atoms with Crippen LogP contribution in [0, 0.1) is 45.3 Å². The number of allylic oxidation sites excluding steroid dienone is 2. The second-order valence-corrected chi connectivity index (χ2v) is 12.7. The molecule has 0 aromatic rings. The number of rotatable bonds is 1. The number of carbonyl (C=O) groups excluding carboxylic acids is 2. The van der Waals surface area contributed by atoms with Gasteiger partial charge in [-0.05, 0) is 54.9 Å². The average molecular weight is 429 g/mol. The molecule has 170 valence electrons. The van der Waals surface area contributed by atoms with Crippen LogP contribution in [-0.2, 0) is 19.1 Å². The highest BCUT2D eigenvalue weighted by Crippen LogP contribution is 2.81. The second kappa shape index (κ2) is 5.64. The number of epoxide rings is 1. The number of esters is 1. The smallest absolute Gasteiger partial charge is 0.306 e. The number of fused-ring (bicyclic) bond motifs is 3. The van der Waals surface area contributed by atoms with E-state index < -0.39 is 11.5 Å². The van der Waals surface area contributed by atoms with Gasteiger partial charge < -0.3 is 14.6 Å². The number of hydrogen-bond donors (Lipinski definition) is 1. The van der Waals surface area contributed by atoms with Crippen LogP contribution in [0.15, 0.2) is 12.2 Å². The number of aliphatic hydroxyl groups is 1. The van der Waals surface area contributed by atoms with Crippen LogP contribution in [0.25, 0.3) is 0 Å². The van der Waals surface area contributed by atoms with Gasteiger partial charge in [0.25, 0.3) is 0 Å². The van der Waals surface area contributed by atoms with Gasteiger partial charge in [0.15, 0.2) is 5.78 Å². The van der Waals surface area contributed by atoms with Crippen LogP contribution < -0.4 is 0 Å². The van der Waals surface area contributed by atoms with Crippen molar-refractivity contribution >= 4 is 11.8 Å². The molecule has 0 aromatic heterocycles. The van der Waals surface area contributed by atoms with Gasteiger partial charge in [0.1, 0.15) is 5.60 Å². The van der Waals surface area contributed by atoms with Gasteiger partial charge in [-0.1, -0.05) is 40.7 Å². The molecule has 1 N–H and O–H groups in total. The quantitative estimate of drug-likeness (QED) is 0.509. The van der Waals surface area contributed by atoms with Crippen molar-refractivity contribution in [2.45, 2.75) is 84.5 Å². The monoisotopic (exact) mass is 428 g/mol. The molecule has 31 heavy (non-hydrogen) atoms. The molecule has 5 heteroatoms. The van der Waals surface area contributed by atoms with Crippen LogP contribution in [0.3, 0.4) is 0 Å². The Labute approximate surface area is 184 Å². The van der Waals surface area contributed by atoms with Crippen molar-refractivity contribution in [3.63, 3.8) is 0 Å². The summed E-state index contributed by atoms with van der Waals surface area (Å²) in [5.41, 5.74) is -1.37. The standard InChI is InChI=1S/C26H36O5/c1-22(2)17-12-19(28)25(5)16(23(17,3)8-7-18(22)27)6-9-24(4)15(11-20-26(24,25)31-20)14-10-21(29)30-13-14/h7-8,14-17,19-20,28H,6,9-13H2,1-5H3/t14-,15-,16+,17-,19+,20+,23+,24-,25-,26+/m0/s1. The molecule has 0 unspecified atom stereocenters. The molecule has 2 heterocycles. The normalized spacial score (nSPS) is 58.8. The summed E-state index contributed by atoms with van der Waals surface area (Å²) >= 11 is 0. The number of ketones is 1. The molecule has 0 radical (unpaired) electrons. The average Bonchev–Trinajstić information content (AvgIpc) is 3.19. The number of carbonyl (C=O) groups is 2. The summed E-state index contributed by atoms with van der Waals surface area (Å²) in [6.07, 6.45) is 7.81. The molecule has 10 atom stereocenters. The summed E-state index contributed by atoms with van der Waals surface area (Å²) in [6, 6.07) is 0. The highest BCUT2D eigenvalue weighted by atomic mass is 16.6. The number of hydrogen-bond acceptors (Lipinski definition) is 5. The second-order valence-electron chi connectivity index (χ2n) is 12.7. The van der Waals surface area contributed by atoms with Crippen molar-refractivity contribution in [2.24, 2.45) is 45.3 Å². The minimum atomic E-state index is -0.501. The largest absolute Gasteiger partial charge is 0.465 e. The van der Waals surface area contributed by atoms with E-state index in [2.05, 4.69) is 40.7 Å². The first kappa shape index (κ1) is 20.4. The van der Waals surface area contributed by atoms with E-state index >= 15 is 0 Å². The van der Waals surface area contributed by atoms with Gasteiger partial charge in [0, 0.05) is 22.2 Å². The van der Waals surface area contributed by atoms with E-state index in [1.165, 1.54) is 0 Å². The van der Waals surface area contributed by atoms with Crippen molar-refractivity contribution in [3.8, 4) is 0 Å². The molecule has 4 aliphatic carbocycles. The minimum absolute atomic E-state index is 0.0601. The Kier molecular flexibility index (Phi) is 3.72. The molecule has 6 aliphatic rings. The number of aliphatic hydroxyl groups excluding tert-OH is 1. The zero-order valence-corrected chi connectivity index (χ0v) is 19.4.